The van der Waals surface area contributed by atoms with Crippen LogP contribution in [0.15, 0.2) is 33.2 Å². The summed E-state index contributed by atoms with van der Waals surface area (Å²) < 4.78 is 1.82. The summed E-state index contributed by atoms with van der Waals surface area (Å²) in [6.45, 7) is 4.15. The molecule has 3 N–H and O–H groups in total. The Bertz CT molecular complexity index is 822. The van der Waals surface area contributed by atoms with Crippen LogP contribution in [-0.2, 0) is 0 Å². The highest BCUT2D eigenvalue weighted by Gasteiger charge is 2.13. The molecule has 0 amide bonds. The second kappa shape index (κ2) is 4.90. The summed E-state index contributed by atoms with van der Waals surface area (Å²) in [5.41, 5.74) is 12.1. The quantitative estimate of drug-likeness (QED) is 0.573. The van der Waals surface area contributed by atoms with Crippen molar-refractivity contribution >= 4 is 48.6 Å². The molecular formula is C15H13Br2N3. The highest BCUT2D eigenvalue weighted by Crippen LogP contribution is 2.35. The van der Waals surface area contributed by atoms with Crippen LogP contribution in [0.1, 0.15) is 11.1 Å². The van der Waals surface area contributed by atoms with Crippen LogP contribution in [-0.4, -0.2) is 9.97 Å². The van der Waals surface area contributed by atoms with Crippen LogP contribution in [0.25, 0.3) is 22.4 Å². The van der Waals surface area contributed by atoms with E-state index in [2.05, 4.69) is 67.8 Å². The second-order valence-corrected chi connectivity index (χ2v) is 6.68. The lowest BCUT2D eigenvalue weighted by molar-refractivity contribution is 1.32. The number of aromatic amines is 1. The lowest BCUT2D eigenvalue weighted by atomic mass is 10.1. The van der Waals surface area contributed by atoms with Crippen molar-refractivity contribution in [2.24, 2.45) is 0 Å². The maximum absolute atomic E-state index is 6.15. The third-order valence-corrected chi connectivity index (χ3v) is 4.38. The van der Waals surface area contributed by atoms with E-state index in [0.29, 0.717) is 5.69 Å². The van der Waals surface area contributed by atoms with Crippen molar-refractivity contribution in [3.05, 3.63) is 44.3 Å². The number of fused-ring (bicyclic) bond motifs is 1. The number of nitrogens with one attached hydrogen (secondary N) is 1. The molecule has 3 nitrogen and oxygen atoms in total. The zero-order chi connectivity index (χ0) is 14.4. The average Bonchev–Trinajstić information content (AvgIpc) is 2.77. The largest absolute Gasteiger partial charge is 0.397 e. The van der Waals surface area contributed by atoms with Crippen LogP contribution in [0.4, 0.5) is 5.69 Å². The van der Waals surface area contributed by atoms with E-state index < -0.39 is 0 Å². The van der Waals surface area contributed by atoms with Gasteiger partial charge in [0.1, 0.15) is 5.82 Å². The normalized spacial score (nSPS) is 11.2. The monoisotopic (exact) mass is 393 g/mol. The molecule has 0 saturated heterocycles. The fourth-order valence-electron chi connectivity index (χ4n) is 2.38. The van der Waals surface area contributed by atoms with E-state index in [0.717, 1.165) is 36.9 Å². The predicted octanol–water partition coefficient (Wildman–Crippen LogP) is 4.95. The van der Waals surface area contributed by atoms with E-state index in [1.54, 1.807) is 0 Å². The zero-order valence-electron chi connectivity index (χ0n) is 11.1. The molecule has 0 aliphatic heterocycles. The maximum Gasteiger partial charge on any atom is 0.140 e. The third-order valence-electron chi connectivity index (χ3n) is 3.27. The number of nitrogens with two attached hydrogens (primary N) is 1. The number of anilines is 1. The number of aromatic nitrogens is 2. The van der Waals surface area contributed by atoms with Crippen molar-refractivity contribution in [2.45, 2.75) is 13.8 Å². The van der Waals surface area contributed by atoms with E-state index in [1.165, 1.54) is 5.56 Å². The van der Waals surface area contributed by atoms with Crippen molar-refractivity contribution in [1.82, 2.24) is 9.97 Å². The van der Waals surface area contributed by atoms with Gasteiger partial charge in [0.15, 0.2) is 0 Å². The van der Waals surface area contributed by atoms with Crippen molar-refractivity contribution in [2.75, 3.05) is 5.73 Å². The van der Waals surface area contributed by atoms with Gasteiger partial charge in [-0.2, -0.15) is 0 Å². The summed E-state index contributed by atoms with van der Waals surface area (Å²) in [5, 5.41) is 0. The number of nitrogens with zero attached hydrogens (tertiary/aromatic N) is 1. The molecule has 102 valence electrons. The van der Waals surface area contributed by atoms with E-state index >= 15 is 0 Å². The fourth-order valence-corrected chi connectivity index (χ4v) is 3.60. The Morgan fingerprint density at radius 2 is 1.85 bits per heavy atom. The number of rotatable bonds is 1. The number of halogens is 2. The Balaban J connectivity index is 2.28. The van der Waals surface area contributed by atoms with Crippen LogP contribution in [0.3, 0.4) is 0 Å². The zero-order valence-corrected chi connectivity index (χ0v) is 14.3. The van der Waals surface area contributed by atoms with Gasteiger partial charge in [-0.15, -0.1) is 0 Å². The molecule has 0 unspecified atom stereocenters. The Morgan fingerprint density at radius 1 is 1.10 bits per heavy atom. The fraction of sp³-hybridized carbons (Fsp3) is 0.133. The van der Waals surface area contributed by atoms with Gasteiger partial charge in [0.25, 0.3) is 0 Å². The lowest BCUT2D eigenvalue weighted by Crippen LogP contribution is -1.93. The van der Waals surface area contributed by atoms with E-state index in [1.807, 2.05) is 12.1 Å². The Morgan fingerprint density at radius 3 is 2.60 bits per heavy atom. The van der Waals surface area contributed by atoms with Gasteiger partial charge in [-0.3, -0.25) is 0 Å². The summed E-state index contributed by atoms with van der Waals surface area (Å²) in [6.07, 6.45) is 0. The Kier molecular flexibility index (Phi) is 3.34. The van der Waals surface area contributed by atoms with Gasteiger partial charge in [-0.1, -0.05) is 22.0 Å². The van der Waals surface area contributed by atoms with Gasteiger partial charge in [0, 0.05) is 14.5 Å². The lowest BCUT2D eigenvalue weighted by Gasteiger charge is -2.05. The molecule has 0 bridgehead atoms. The van der Waals surface area contributed by atoms with Gasteiger partial charge in [0.05, 0.1) is 16.7 Å². The summed E-state index contributed by atoms with van der Waals surface area (Å²) in [6, 6.07) is 8.13. The number of hydrogen-bond donors (Lipinski definition) is 2. The molecule has 5 heteroatoms. The molecule has 0 atom stereocenters. The van der Waals surface area contributed by atoms with Crippen molar-refractivity contribution < 1.29 is 0 Å². The van der Waals surface area contributed by atoms with Crippen LogP contribution in [0.2, 0.25) is 0 Å². The van der Waals surface area contributed by atoms with Gasteiger partial charge in [0.2, 0.25) is 0 Å². The van der Waals surface area contributed by atoms with Crippen molar-refractivity contribution in [3.8, 4) is 11.4 Å². The molecule has 0 fully saturated rings. The first-order valence-electron chi connectivity index (χ1n) is 6.17. The number of nitrogen functional groups attached to an aromatic ring is 1. The molecule has 1 heterocycles. The highest BCUT2D eigenvalue weighted by atomic mass is 79.9. The topological polar surface area (TPSA) is 54.7 Å². The molecule has 0 radical (unpaired) electrons. The third kappa shape index (κ3) is 2.25. The van der Waals surface area contributed by atoms with Gasteiger partial charge in [-0.05, 0) is 59.1 Å². The number of hydrogen-bond acceptors (Lipinski definition) is 2. The minimum Gasteiger partial charge on any atom is -0.397 e. The molecule has 3 aromatic rings. The Labute approximate surface area is 133 Å². The van der Waals surface area contributed by atoms with E-state index in [9.17, 15) is 0 Å². The van der Waals surface area contributed by atoms with Crippen molar-refractivity contribution in [1.29, 1.82) is 0 Å². The highest BCUT2D eigenvalue weighted by molar-refractivity contribution is 9.11. The first kappa shape index (κ1) is 13.6. The van der Waals surface area contributed by atoms with Gasteiger partial charge >= 0.3 is 0 Å². The van der Waals surface area contributed by atoms with Crippen molar-refractivity contribution in [3.63, 3.8) is 0 Å². The SMILES string of the molecule is Cc1cc(C)c2nc(-c3cc(Br)cc(Br)c3N)[nH]c2c1. The molecule has 2 aromatic carbocycles. The maximum atomic E-state index is 6.15. The average molecular weight is 395 g/mol. The summed E-state index contributed by atoms with van der Waals surface area (Å²) in [4.78, 5) is 8.05. The minimum atomic E-state index is 0.682. The van der Waals surface area contributed by atoms with Crippen LogP contribution in [0, 0.1) is 13.8 Å². The number of aryl methyl sites for hydroxylation is 2. The molecule has 0 saturated carbocycles. The second-order valence-electron chi connectivity index (χ2n) is 4.91. The first-order valence-corrected chi connectivity index (χ1v) is 7.76. The molecule has 20 heavy (non-hydrogen) atoms. The van der Waals surface area contributed by atoms with Crippen LogP contribution >= 0.6 is 31.9 Å². The molecule has 0 aliphatic rings. The smallest absolute Gasteiger partial charge is 0.140 e. The number of benzene rings is 2. The van der Waals surface area contributed by atoms with Crippen LogP contribution < -0.4 is 5.73 Å². The summed E-state index contributed by atoms with van der Waals surface area (Å²) in [5.74, 6) is 0.785. The van der Waals surface area contributed by atoms with Gasteiger partial charge < -0.3 is 10.7 Å². The predicted molar refractivity (Wildman–Crippen MR) is 90.8 cm³/mol. The number of imidazole rings is 1. The van der Waals surface area contributed by atoms with Crippen LogP contribution in [0.5, 0.6) is 0 Å². The first-order chi connectivity index (χ1) is 9.45. The molecule has 3 rings (SSSR count). The molecule has 0 spiro atoms. The van der Waals surface area contributed by atoms with E-state index in [-0.39, 0.29) is 0 Å². The number of H-pyrrole nitrogens is 1. The molecular weight excluding hydrogens is 382 g/mol. The Hall–Kier alpha value is -1.33. The standard InChI is InChI=1S/C15H13Br2N3/c1-7-3-8(2)14-12(4-7)19-15(20-14)10-5-9(16)6-11(17)13(10)18/h3-6H,18H2,1-2H3,(H,19,20). The van der Waals surface area contributed by atoms with E-state index in [4.69, 9.17) is 5.73 Å². The van der Waals surface area contributed by atoms with Gasteiger partial charge in [-0.25, -0.2) is 4.98 Å². The summed E-state index contributed by atoms with van der Waals surface area (Å²) in [7, 11) is 0. The molecule has 1 aromatic heterocycles. The summed E-state index contributed by atoms with van der Waals surface area (Å²) >= 11 is 6.95. The molecule has 0 aliphatic carbocycles. The minimum absolute atomic E-state index is 0.682.